The van der Waals surface area contributed by atoms with Crippen molar-refractivity contribution in [1.82, 2.24) is 10.2 Å². The molecule has 0 saturated heterocycles. The Kier molecular flexibility index (Phi) is 7.24. The summed E-state index contributed by atoms with van der Waals surface area (Å²) in [5, 5.41) is 2.59. The van der Waals surface area contributed by atoms with Gasteiger partial charge in [-0.3, -0.25) is 13.9 Å². The number of hydrogen-bond acceptors (Lipinski definition) is 6. The first-order valence-corrected chi connectivity index (χ1v) is 12.0. The van der Waals surface area contributed by atoms with Crippen molar-refractivity contribution in [2.24, 2.45) is 0 Å². The molecule has 1 aliphatic heterocycles. The maximum atomic E-state index is 13.4. The maximum Gasteiger partial charge on any atom is 0.244 e. The van der Waals surface area contributed by atoms with Crippen molar-refractivity contribution < 1.29 is 27.5 Å². The second-order valence-electron chi connectivity index (χ2n) is 7.35. The summed E-state index contributed by atoms with van der Waals surface area (Å²) in [7, 11) is -2.30. The van der Waals surface area contributed by atoms with Crippen LogP contribution in [-0.2, 0) is 26.2 Å². The summed E-state index contributed by atoms with van der Waals surface area (Å²) in [5.74, 6) is 0.101. The van der Waals surface area contributed by atoms with Crippen LogP contribution in [0.2, 0.25) is 0 Å². The molecular weight excluding hydrogens is 434 g/mol. The van der Waals surface area contributed by atoms with E-state index in [2.05, 4.69) is 5.32 Å². The highest BCUT2D eigenvalue weighted by Crippen LogP contribution is 2.36. The molecule has 0 aliphatic carbocycles. The number of hydrogen-bond donors (Lipinski definition) is 1. The van der Waals surface area contributed by atoms with E-state index >= 15 is 0 Å². The number of nitrogens with zero attached hydrogens (tertiary/aromatic N) is 2. The molecule has 0 fully saturated rings. The second kappa shape index (κ2) is 9.90. The number of anilines is 1. The van der Waals surface area contributed by atoms with Crippen LogP contribution in [0.3, 0.4) is 0 Å². The summed E-state index contributed by atoms with van der Waals surface area (Å²) in [6, 6.07) is 13.2. The lowest BCUT2D eigenvalue weighted by atomic mass is 10.1. The predicted octanol–water partition coefficient (Wildman–Crippen LogP) is 1.73. The average Bonchev–Trinajstić information content (AvgIpc) is 3.24. The Morgan fingerprint density at radius 2 is 1.78 bits per heavy atom. The molecule has 0 radical (unpaired) electrons. The van der Waals surface area contributed by atoms with E-state index < -0.39 is 28.5 Å². The fraction of sp³-hybridized carbons (Fsp3) is 0.364. The average molecular weight is 462 g/mol. The van der Waals surface area contributed by atoms with E-state index in [-0.39, 0.29) is 24.9 Å². The van der Waals surface area contributed by atoms with Gasteiger partial charge in [0.05, 0.1) is 11.9 Å². The fourth-order valence-electron chi connectivity index (χ4n) is 3.52. The summed E-state index contributed by atoms with van der Waals surface area (Å²) in [4.78, 5) is 27.3. The number of carbonyl (C=O) groups excluding carboxylic acids is 2. The smallest absolute Gasteiger partial charge is 0.244 e. The lowest BCUT2D eigenvalue weighted by molar-refractivity contribution is -0.140. The Hall–Kier alpha value is -3.27. The number of ether oxygens (including phenoxy) is 2. The van der Waals surface area contributed by atoms with Gasteiger partial charge in [-0.15, -0.1) is 0 Å². The Bertz CT molecular complexity index is 1070. The van der Waals surface area contributed by atoms with Gasteiger partial charge in [-0.1, -0.05) is 37.3 Å². The van der Waals surface area contributed by atoms with Gasteiger partial charge in [-0.25, -0.2) is 8.42 Å². The van der Waals surface area contributed by atoms with Crippen molar-refractivity contribution in [1.29, 1.82) is 0 Å². The SMILES string of the molecule is CC[C@H](C(=O)NC)N(Cc1ccccc1)C(=O)CN(c1ccc2c(c1)OCO2)S(C)(=O)=O. The van der Waals surface area contributed by atoms with Crippen LogP contribution in [0, 0.1) is 0 Å². The molecule has 2 amide bonds. The Labute approximate surface area is 188 Å². The Morgan fingerprint density at radius 1 is 1.09 bits per heavy atom. The van der Waals surface area contributed by atoms with Crippen LogP contribution in [0.5, 0.6) is 11.5 Å². The highest BCUT2D eigenvalue weighted by atomic mass is 32.2. The zero-order valence-electron chi connectivity index (χ0n) is 18.3. The molecule has 1 aliphatic rings. The molecule has 9 nitrogen and oxygen atoms in total. The van der Waals surface area contributed by atoms with Gasteiger partial charge in [0.1, 0.15) is 12.6 Å². The van der Waals surface area contributed by atoms with Gasteiger partial charge in [-0.2, -0.15) is 0 Å². The molecule has 1 heterocycles. The van der Waals surface area contributed by atoms with Crippen molar-refractivity contribution in [3.05, 3.63) is 54.1 Å². The molecule has 2 aromatic carbocycles. The monoisotopic (exact) mass is 461 g/mol. The predicted molar refractivity (Wildman–Crippen MR) is 120 cm³/mol. The van der Waals surface area contributed by atoms with E-state index in [1.54, 1.807) is 19.1 Å². The number of rotatable bonds is 9. The molecule has 1 atom stereocenters. The van der Waals surface area contributed by atoms with Gasteiger partial charge in [0.25, 0.3) is 0 Å². The largest absolute Gasteiger partial charge is 0.454 e. The van der Waals surface area contributed by atoms with Crippen LogP contribution in [0.4, 0.5) is 5.69 Å². The van der Waals surface area contributed by atoms with Gasteiger partial charge >= 0.3 is 0 Å². The first-order chi connectivity index (χ1) is 15.2. The normalized spacial score (nSPS) is 13.3. The van der Waals surface area contributed by atoms with Crippen molar-refractivity contribution >= 4 is 27.5 Å². The third-order valence-electron chi connectivity index (χ3n) is 5.15. The van der Waals surface area contributed by atoms with Gasteiger partial charge in [-0.05, 0) is 24.1 Å². The summed E-state index contributed by atoms with van der Waals surface area (Å²) >= 11 is 0. The van der Waals surface area contributed by atoms with Gasteiger partial charge in [0.15, 0.2) is 11.5 Å². The topological polar surface area (TPSA) is 105 Å². The first-order valence-electron chi connectivity index (χ1n) is 10.2. The number of fused-ring (bicyclic) bond motifs is 1. The minimum atomic E-state index is -3.81. The van der Waals surface area contributed by atoms with Crippen LogP contribution in [0.1, 0.15) is 18.9 Å². The molecule has 1 N–H and O–H groups in total. The molecule has 10 heteroatoms. The highest BCUT2D eigenvalue weighted by molar-refractivity contribution is 7.92. The summed E-state index contributed by atoms with van der Waals surface area (Å²) in [6.07, 6.45) is 1.41. The molecule has 172 valence electrons. The first kappa shape index (κ1) is 23.4. The number of sulfonamides is 1. The van der Waals surface area contributed by atoms with Gasteiger partial charge in [0, 0.05) is 19.7 Å². The van der Waals surface area contributed by atoms with Crippen LogP contribution in [-0.4, -0.2) is 57.8 Å². The Morgan fingerprint density at radius 3 is 2.41 bits per heavy atom. The third kappa shape index (κ3) is 5.31. The standard InChI is InChI=1S/C22H27N3O6S/c1-4-18(22(27)23-2)24(13-16-8-6-5-7-9-16)21(26)14-25(32(3,28)29)17-10-11-19-20(12-17)31-15-30-19/h5-12,18H,4,13-15H2,1-3H3,(H,23,27)/t18-/m1/s1. The number of amides is 2. The number of benzene rings is 2. The second-order valence-corrected chi connectivity index (χ2v) is 9.26. The number of likely N-dealkylation sites (N-methyl/N-ethyl adjacent to an activating group) is 1. The zero-order valence-corrected chi connectivity index (χ0v) is 19.1. The highest BCUT2D eigenvalue weighted by Gasteiger charge is 2.31. The molecule has 2 aromatic rings. The molecule has 0 spiro atoms. The van der Waals surface area contributed by atoms with Gasteiger partial charge in [0.2, 0.25) is 28.6 Å². The molecule has 32 heavy (non-hydrogen) atoms. The molecule has 0 bridgehead atoms. The summed E-state index contributed by atoms with van der Waals surface area (Å²) in [5.41, 5.74) is 1.11. The number of carbonyl (C=O) groups is 2. The van der Waals surface area contributed by atoms with Crippen molar-refractivity contribution in [2.75, 3.05) is 30.9 Å². The lowest BCUT2D eigenvalue weighted by Crippen LogP contribution is -2.51. The van der Waals surface area contributed by atoms with Crippen LogP contribution in [0.25, 0.3) is 0 Å². The van der Waals surface area contributed by atoms with Gasteiger partial charge < -0.3 is 19.7 Å². The van der Waals surface area contributed by atoms with Crippen LogP contribution >= 0.6 is 0 Å². The van der Waals surface area contributed by atoms with E-state index in [0.29, 0.717) is 17.9 Å². The maximum absolute atomic E-state index is 13.4. The van der Waals surface area contributed by atoms with Crippen molar-refractivity contribution in [3.63, 3.8) is 0 Å². The van der Waals surface area contributed by atoms with Crippen LogP contribution < -0.4 is 19.1 Å². The third-order valence-corrected chi connectivity index (χ3v) is 6.29. The molecule has 0 unspecified atom stereocenters. The van der Waals surface area contributed by atoms with E-state index in [1.807, 2.05) is 30.3 Å². The minimum Gasteiger partial charge on any atom is -0.454 e. The van der Waals surface area contributed by atoms with Crippen molar-refractivity contribution in [3.8, 4) is 11.5 Å². The Balaban J connectivity index is 1.93. The van der Waals surface area contributed by atoms with E-state index in [1.165, 1.54) is 18.0 Å². The van der Waals surface area contributed by atoms with E-state index in [9.17, 15) is 18.0 Å². The summed E-state index contributed by atoms with van der Waals surface area (Å²) < 4.78 is 36.8. The quantitative estimate of drug-likeness (QED) is 0.610. The molecule has 0 saturated carbocycles. The van der Waals surface area contributed by atoms with Crippen LogP contribution in [0.15, 0.2) is 48.5 Å². The lowest BCUT2D eigenvalue weighted by Gasteiger charge is -2.32. The molecule has 3 rings (SSSR count). The minimum absolute atomic E-state index is 0.0474. The summed E-state index contributed by atoms with van der Waals surface area (Å²) in [6.45, 7) is 1.56. The van der Waals surface area contributed by atoms with E-state index in [0.717, 1.165) is 16.1 Å². The molecular formula is C22H27N3O6S. The number of nitrogens with one attached hydrogen (secondary N) is 1. The molecule has 0 aromatic heterocycles. The zero-order chi connectivity index (χ0) is 23.3. The fourth-order valence-corrected chi connectivity index (χ4v) is 4.36. The van der Waals surface area contributed by atoms with E-state index in [4.69, 9.17) is 9.47 Å². The van der Waals surface area contributed by atoms with Crippen molar-refractivity contribution in [2.45, 2.75) is 25.9 Å².